The van der Waals surface area contributed by atoms with Crippen LogP contribution < -0.4 is 10.6 Å². The molecule has 33 heavy (non-hydrogen) atoms. The van der Waals surface area contributed by atoms with E-state index in [9.17, 15) is 14.4 Å². The van der Waals surface area contributed by atoms with Gasteiger partial charge >= 0.3 is 0 Å². The standard InChI is InChI=1S/C24H26N4O4S/c1-17(29)25-18-5-4-6-19(13-18)26-23(30)16-33-22-14-28(21-8-3-2-7-20(21)22)15-24(31)27-9-11-32-12-10-27/h2-8,13-14H,9-12,15-16H2,1H3,(H,25,29)(H,26,30). The molecule has 0 aliphatic carbocycles. The van der Waals surface area contributed by atoms with Gasteiger partial charge in [0.1, 0.15) is 6.54 Å². The van der Waals surface area contributed by atoms with Gasteiger partial charge in [-0.2, -0.15) is 0 Å². The number of nitrogens with one attached hydrogen (secondary N) is 2. The summed E-state index contributed by atoms with van der Waals surface area (Å²) >= 11 is 1.43. The molecule has 3 aromatic rings. The van der Waals surface area contributed by atoms with Crippen LogP contribution in [0.1, 0.15) is 6.92 Å². The summed E-state index contributed by atoms with van der Waals surface area (Å²) < 4.78 is 7.28. The van der Waals surface area contributed by atoms with Crippen molar-refractivity contribution < 1.29 is 19.1 Å². The summed E-state index contributed by atoms with van der Waals surface area (Å²) in [6, 6.07) is 14.9. The van der Waals surface area contributed by atoms with Crippen LogP contribution in [0.5, 0.6) is 0 Å². The van der Waals surface area contributed by atoms with Crippen molar-refractivity contribution in [1.82, 2.24) is 9.47 Å². The van der Waals surface area contributed by atoms with Crippen molar-refractivity contribution in [3.63, 3.8) is 0 Å². The maximum absolute atomic E-state index is 12.7. The molecule has 2 N–H and O–H groups in total. The maximum atomic E-state index is 12.7. The number of fused-ring (bicyclic) bond motifs is 1. The van der Waals surface area contributed by atoms with Gasteiger partial charge in [-0.3, -0.25) is 14.4 Å². The lowest BCUT2D eigenvalue weighted by Crippen LogP contribution is -2.42. The molecule has 3 amide bonds. The molecule has 0 saturated carbocycles. The SMILES string of the molecule is CC(=O)Nc1cccc(NC(=O)CSc2cn(CC(=O)N3CCOCC3)c3ccccc23)c1. The van der Waals surface area contributed by atoms with Gasteiger partial charge in [-0.05, 0) is 24.3 Å². The maximum Gasteiger partial charge on any atom is 0.242 e. The number of carbonyl (C=O) groups is 3. The summed E-state index contributed by atoms with van der Waals surface area (Å²) in [5, 5.41) is 6.58. The monoisotopic (exact) mass is 466 g/mol. The summed E-state index contributed by atoms with van der Waals surface area (Å²) in [7, 11) is 0. The molecule has 0 spiro atoms. The third kappa shape index (κ3) is 5.94. The highest BCUT2D eigenvalue weighted by molar-refractivity contribution is 8.00. The van der Waals surface area contributed by atoms with E-state index in [1.807, 2.05) is 39.9 Å². The number of benzene rings is 2. The van der Waals surface area contributed by atoms with E-state index in [1.165, 1.54) is 18.7 Å². The zero-order valence-corrected chi connectivity index (χ0v) is 19.2. The van der Waals surface area contributed by atoms with Crippen LogP contribution in [-0.4, -0.2) is 59.2 Å². The van der Waals surface area contributed by atoms with Crippen molar-refractivity contribution in [3.8, 4) is 0 Å². The van der Waals surface area contributed by atoms with E-state index in [-0.39, 0.29) is 30.0 Å². The van der Waals surface area contributed by atoms with E-state index in [2.05, 4.69) is 10.6 Å². The van der Waals surface area contributed by atoms with Gasteiger partial charge < -0.3 is 24.8 Å². The Bertz CT molecular complexity index is 1170. The van der Waals surface area contributed by atoms with Crippen molar-refractivity contribution >= 4 is 51.8 Å². The van der Waals surface area contributed by atoms with E-state index in [4.69, 9.17) is 4.74 Å². The van der Waals surface area contributed by atoms with Crippen LogP contribution in [0, 0.1) is 0 Å². The molecule has 172 valence electrons. The Morgan fingerprint density at radius 1 is 1.00 bits per heavy atom. The molecule has 1 aliphatic rings. The predicted octanol–water partition coefficient (Wildman–Crippen LogP) is 3.19. The van der Waals surface area contributed by atoms with Crippen molar-refractivity contribution in [1.29, 1.82) is 0 Å². The van der Waals surface area contributed by atoms with E-state index >= 15 is 0 Å². The fraction of sp³-hybridized carbons (Fsp3) is 0.292. The Hall–Kier alpha value is -3.30. The summed E-state index contributed by atoms with van der Waals surface area (Å²) in [6.45, 7) is 4.06. The van der Waals surface area contributed by atoms with Crippen molar-refractivity contribution in [2.24, 2.45) is 0 Å². The first-order valence-corrected chi connectivity index (χ1v) is 11.7. The quantitative estimate of drug-likeness (QED) is 0.522. The molecule has 2 heterocycles. The van der Waals surface area contributed by atoms with Crippen LogP contribution in [0.15, 0.2) is 59.6 Å². The lowest BCUT2D eigenvalue weighted by molar-refractivity contribution is -0.135. The zero-order valence-electron chi connectivity index (χ0n) is 18.4. The highest BCUT2D eigenvalue weighted by Gasteiger charge is 2.19. The Balaban J connectivity index is 1.42. The second-order valence-corrected chi connectivity index (χ2v) is 8.75. The number of anilines is 2. The Kier molecular flexibility index (Phi) is 7.31. The Morgan fingerprint density at radius 2 is 1.73 bits per heavy atom. The van der Waals surface area contributed by atoms with Crippen LogP contribution in [-0.2, 0) is 25.7 Å². The number of ether oxygens (including phenoxy) is 1. The highest BCUT2D eigenvalue weighted by atomic mass is 32.2. The molecule has 9 heteroatoms. The second kappa shape index (κ2) is 10.5. The molecular formula is C24H26N4O4S. The molecule has 0 unspecified atom stereocenters. The summed E-state index contributed by atoms with van der Waals surface area (Å²) in [5.41, 5.74) is 2.20. The van der Waals surface area contributed by atoms with E-state index in [1.54, 1.807) is 24.3 Å². The third-order valence-corrected chi connectivity index (χ3v) is 6.29. The number of hydrogen-bond acceptors (Lipinski definition) is 5. The van der Waals surface area contributed by atoms with Gasteiger partial charge in [0.05, 0.1) is 19.0 Å². The van der Waals surface area contributed by atoms with E-state index < -0.39 is 0 Å². The summed E-state index contributed by atoms with van der Waals surface area (Å²) in [6.07, 6.45) is 1.94. The number of carbonyl (C=O) groups excluding carboxylic acids is 3. The number of hydrogen-bond donors (Lipinski definition) is 2. The molecule has 8 nitrogen and oxygen atoms in total. The zero-order chi connectivity index (χ0) is 23.2. The molecule has 0 atom stereocenters. The smallest absolute Gasteiger partial charge is 0.242 e. The number of amides is 3. The largest absolute Gasteiger partial charge is 0.378 e. The second-order valence-electron chi connectivity index (χ2n) is 7.73. The fourth-order valence-corrected chi connectivity index (χ4v) is 4.62. The van der Waals surface area contributed by atoms with Crippen LogP contribution in [0.3, 0.4) is 0 Å². The number of aromatic nitrogens is 1. The van der Waals surface area contributed by atoms with Crippen molar-refractivity contribution in [2.45, 2.75) is 18.4 Å². The topological polar surface area (TPSA) is 92.7 Å². The van der Waals surface area contributed by atoms with Crippen LogP contribution >= 0.6 is 11.8 Å². The molecule has 1 aliphatic heterocycles. The molecule has 2 aromatic carbocycles. The molecule has 1 saturated heterocycles. The fourth-order valence-electron chi connectivity index (χ4n) is 3.74. The molecular weight excluding hydrogens is 440 g/mol. The number of morpholine rings is 1. The van der Waals surface area contributed by atoms with E-state index in [0.717, 1.165) is 15.8 Å². The first-order chi connectivity index (χ1) is 16.0. The van der Waals surface area contributed by atoms with Crippen LogP contribution in [0.2, 0.25) is 0 Å². The van der Waals surface area contributed by atoms with Gasteiger partial charge in [0.15, 0.2) is 0 Å². The van der Waals surface area contributed by atoms with Gasteiger partial charge in [0, 0.05) is 53.4 Å². The summed E-state index contributed by atoms with van der Waals surface area (Å²) in [4.78, 5) is 39.3. The molecule has 4 rings (SSSR count). The third-order valence-electron chi connectivity index (χ3n) is 5.25. The van der Waals surface area contributed by atoms with Gasteiger partial charge in [0.2, 0.25) is 17.7 Å². The molecule has 1 aromatic heterocycles. The highest BCUT2D eigenvalue weighted by Crippen LogP contribution is 2.30. The molecule has 0 radical (unpaired) electrons. The predicted molar refractivity (Wildman–Crippen MR) is 129 cm³/mol. The summed E-state index contributed by atoms with van der Waals surface area (Å²) in [5.74, 6) is -0.0402. The normalized spacial score (nSPS) is 13.7. The molecule has 1 fully saturated rings. The minimum Gasteiger partial charge on any atom is -0.378 e. The van der Waals surface area contributed by atoms with Gasteiger partial charge in [-0.25, -0.2) is 0 Å². The lowest BCUT2D eigenvalue weighted by atomic mass is 10.2. The minimum absolute atomic E-state index is 0.0624. The Morgan fingerprint density at radius 3 is 2.48 bits per heavy atom. The minimum atomic E-state index is -0.169. The van der Waals surface area contributed by atoms with Crippen molar-refractivity contribution in [2.75, 3.05) is 42.7 Å². The first-order valence-electron chi connectivity index (χ1n) is 10.7. The average molecular weight is 467 g/mol. The van der Waals surface area contributed by atoms with Crippen molar-refractivity contribution in [3.05, 3.63) is 54.7 Å². The van der Waals surface area contributed by atoms with Gasteiger partial charge in [-0.1, -0.05) is 24.3 Å². The number of thioether (sulfide) groups is 1. The molecule has 0 bridgehead atoms. The Labute approximate surface area is 196 Å². The van der Waals surface area contributed by atoms with Gasteiger partial charge in [0.25, 0.3) is 0 Å². The van der Waals surface area contributed by atoms with E-state index in [0.29, 0.717) is 37.7 Å². The first kappa shape index (κ1) is 22.9. The number of para-hydroxylation sites is 1. The van der Waals surface area contributed by atoms with Crippen LogP contribution in [0.4, 0.5) is 11.4 Å². The lowest BCUT2D eigenvalue weighted by Gasteiger charge is -2.27. The van der Waals surface area contributed by atoms with Gasteiger partial charge in [-0.15, -0.1) is 11.8 Å². The van der Waals surface area contributed by atoms with Crippen LogP contribution in [0.25, 0.3) is 10.9 Å². The average Bonchev–Trinajstić information content (AvgIpc) is 3.15. The number of rotatable bonds is 7. The number of nitrogens with zero attached hydrogens (tertiary/aromatic N) is 2.